The first kappa shape index (κ1) is 42.2. The lowest BCUT2D eigenvalue weighted by Crippen LogP contribution is -2.03. The topological polar surface area (TPSA) is 84.9 Å². The molecule has 1 aliphatic rings. The lowest BCUT2D eigenvalue weighted by atomic mass is 9.90. The third kappa shape index (κ3) is 14.0. The molecular formula is C39H58N2O3. The fourth-order valence-corrected chi connectivity index (χ4v) is 3.85. The van der Waals surface area contributed by atoms with Gasteiger partial charge in [0.1, 0.15) is 24.7 Å². The number of fused-ring (bicyclic) bond motifs is 6. The average Bonchev–Trinajstić information content (AvgIpc) is 3.07. The fourth-order valence-electron chi connectivity index (χ4n) is 3.85. The van der Waals surface area contributed by atoms with Gasteiger partial charge in [0.2, 0.25) is 0 Å². The Balaban J connectivity index is 0. The predicted octanol–water partition coefficient (Wildman–Crippen LogP) is 10.5. The summed E-state index contributed by atoms with van der Waals surface area (Å²) in [7, 11) is 0. The Morgan fingerprint density at radius 2 is 1.52 bits per heavy atom. The Bertz CT molecular complexity index is 1290. The normalized spacial score (nSPS) is 13.7. The zero-order chi connectivity index (χ0) is 34.1. The Morgan fingerprint density at radius 1 is 0.909 bits per heavy atom. The standard InChI is InChI=1S/C24H21NO3.C7H13N.4C2H6/c1-15-5-6-18-12-21(15)20(9-10-26)17-4-2-3-16(11-17)14-28-23-13-19(24(18)27)7-8-22(23)25;1-4-5-8-6-7(2)3;4*1-2/h2-13,24,27H,14,25H2,1H3;4-7H,1-3H3;4*1-2H3/b20-9-;5-4-,8-6?;;;;. The van der Waals surface area contributed by atoms with E-state index >= 15 is 0 Å². The van der Waals surface area contributed by atoms with Crippen LogP contribution in [-0.2, 0) is 11.4 Å². The van der Waals surface area contributed by atoms with Crippen molar-refractivity contribution in [1.82, 2.24) is 0 Å². The van der Waals surface area contributed by atoms with Crippen LogP contribution in [0.2, 0.25) is 0 Å². The SMILES string of the molecule is C/C=C\N=CC(C)C.CC.CC.CC.CC.Cc1ccc2cc1/C(=C\C=O)c1cccc(c1)COc1cc(ccc1N)C2O. The van der Waals surface area contributed by atoms with Crippen LogP contribution in [-0.4, -0.2) is 17.6 Å². The molecule has 0 saturated heterocycles. The molecule has 1 unspecified atom stereocenters. The molecule has 1 atom stereocenters. The van der Waals surface area contributed by atoms with E-state index in [0.717, 1.165) is 39.7 Å². The molecule has 44 heavy (non-hydrogen) atoms. The molecule has 0 saturated carbocycles. The molecule has 5 heteroatoms. The maximum Gasteiger partial charge on any atom is 0.143 e. The summed E-state index contributed by atoms with van der Waals surface area (Å²) in [6.45, 7) is 24.5. The van der Waals surface area contributed by atoms with Crippen molar-refractivity contribution in [2.45, 2.75) is 95.8 Å². The number of hydrogen-bond acceptors (Lipinski definition) is 5. The molecule has 1 heterocycles. The summed E-state index contributed by atoms with van der Waals surface area (Å²) in [4.78, 5) is 15.3. The van der Waals surface area contributed by atoms with Gasteiger partial charge in [0.25, 0.3) is 0 Å². The molecule has 0 radical (unpaired) electrons. The van der Waals surface area contributed by atoms with Gasteiger partial charge in [-0.2, -0.15) is 0 Å². The van der Waals surface area contributed by atoms with E-state index in [1.165, 1.54) is 0 Å². The van der Waals surface area contributed by atoms with Crippen molar-refractivity contribution in [3.63, 3.8) is 0 Å². The number of nitrogen functional groups attached to an aromatic ring is 1. The summed E-state index contributed by atoms with van der Waals surface area (Å²) in [5, 5.41) is 11.0. The number of rotatable bonds is 3. The van der Waals surface area contributed by atoms with Crippen molar-refractivity contribution in [3.8, 4) is 5.75 Å². The first-order chi connectivity index (χ1) is 21.3. The van der Waals surface area contributed by atoms with Crippen molar-refractivity contribution >= 4 is 23.8 Å². The number of aliphatic hydroxyl groups is 1. The number of aldehydes is 1. The fraction of sp³-hybridized carbons (Fsp3) is 0.385. The van der Waals surface area contributed by atoms with Crippen LogP contribution in [0, 0.1) is 12.8 Å². The van der Waals surface area contributed by atoms with Crippen molar-refractivity contribution in [2.24, 2.45) is 10.9 Å². The molecule has 3 aromatic carbocycles. The van der Waals surface area contributed by atoms with E-state index in [1.807, 2.05) is 124 Å². The van der Waals surface area contributed by atoms with E-state index < -0.39 is 6.10 Å². The Kier molecular flexibility index (Phi) is 24.5. The lowest BCUT2D eigenvalue weighted by Gasteiger charge is -2.17. The van der Waals surface area contributed by atoms with E-state index in [9.17, 15) is 9.90 Å². The highest BCUT2D eigenvalue weighted by Gasteiger charge is 2.17. The minimum absolute atomic E-state index is 0.336. The van der Waals surface area contributed by atoms with Gasteiger partial charge in [-0.15, -0.1) is 0 Å². The maximum atomic E-state index is 11.4. The Morgan fingerprint density at radius 3 is 2.11 bits per heavy atom. The quantitative estimate of drug-likeness (QED) is 0.135. The summed E-state index contributed by atoms with van der Waals surface area (Å²) >= 11 is 0. The number of hydrogen-bond donors (Lipinski definition) is 2. The zero-order valence-corrected chi connectivity index (χ0v) is 29.3. The van der Waals surface area contributed by atoms with Gasteiger partial charge in [0.15, 0.2) is 0 Å². The van der Waals surface area contributed by atoms with E-state index in [-0.39, 0.29) is 0 Å². The summed E-state index contributed by atoms with van der Waals surface area (Å²) < 4.78 is 5.93. The van der Waals surface area contributed by atoms with Gasteiger partial charge in [-0.05, 0) is 89.1 Å². The number of ether oxygens (including phenoxy) is 1. The molecule has 3 aromatic rings. The summed E-state index contributed by atoms with van der Waals surface area (Å²) in [5.74, 6) is 1.10. The van der Waals surface area contributed by atoms with Crippen molar-refractivity contribution < 1.29 is 14.6 Å². The first-order valence-corrected chi connectivity index (χ1v) is 16.0. The molecule has 3 N–H and O–H groups in total. The highest BCUT2D eigenvalue weighted by atomic mass is 16.5. The lowest BCUT2D eigenvalue weighted by molar-refractivity contribution is -0.104. The van der Waals surface area contributed by atoms with Crippen LogP contribution in [0.15, 0.2) is 84.0 Å². The molecule has 5 nitrogen and oxygen atoms in total. The van der Waals surface area contributed by atoms with Crippen molar-refractivity contribution in [3.05, 3.63) is 112 Å². The smallest absolute Gasteiger partial charge is 0.143 e. The third-order valence-corrected chi connectivity index (χ3v) is 5.71. The van der Waals surface area contributed by atoms with E-state index in [1.54, 1.807) is 30.5 Å². The number of nitrogens with zero attached hydrogens (tertiary/aromatic N) is 1. The number of nitrogens with two attached hydrogens (primary N) is 1. The molecule has 0 amide bonds. The van der Waals surface area contributed by atoms with Crippen LogP contribution in [0.5, 0.6) is 5.75 Å². The van der Waals surface area contributed by atoms with Crippen LogP contribution >= 0.6 is 0 Å². The molecule has 1 aliphatic heterocycles. The highest BCUT2D eigenvalue weighted by molar-refractivity contribution is 5.90. The molecule has 4 rings (SSSR count). The number of carbonyl (C=O) groups excluding carboxylic acids is 1. The minimum atomic E-state index is -0.830. The second kappa shape index (κ2) is 25.5. The second-order valence-electron chi connectivity index (χ2n) is 9.00. The number of anilines is 1. The molecular weight excluding hydrogens is 544 g/mol. The predicted molar refractivity (Wildman–Crippen MR) is 194 cm³/mol. The number of benzene rings is 3. The zero-order valence-electron chi connectivity index (χ0n) is 29.3. The van der Waals surface area contributed by atoms with E-state index in [4.69, 9.17) is 10.5 Å². The van der Waals surface area contributed by atoms with Gasteiger partial charge >= 0.3 is 0 Å². The summed E-state index contributed by atoms with van der Waals surface area (Å²) in [5.41, 5.74) is 12.7. The average molecular weight is 603 g/mol. The molecule has 0 aromatic heterocycles. The van der Waals surface area contributed by atoms with Gasteiger partial charge in [0.05, 0.1) is 5.69 Å². The van der Waals surface area contributed by atoms with Gasteiger partial charge in [-0.1, -0.05) is 112 Å². The van der Waals surface area contributed by atoms with Crippen LogP contribution in [0.1, 0.15) is 116 Å². The summed E-state index contributed by atoms with van der Waals surface area (Å²) in [6, 6.07) is 19.0. The maximum absolute atomic E-state index is 11.4. The van der Waals surface area contributed by atoms with Gasteiger partial charge in [0, 0.05) is 12.4 Å². The minimum Gasteiger partial charge on any atom is -0.487 e. The van der Waals surface area contributed by atoms with E-state index in [2.05, 4.69) is 18.8 Å². The largest absolute Gasteiger partial charge is 0.487 e. The van der Waals surface area contributed by atoms with Crippen LogP contribution in [0.4, 0.5) is 5.69 Å². The first-order valence-electron chi connectivity index (χ1n) is 16.0. The number of aryl methyl sites for hydroxylation is 1. The highest BCUT2D eigenvalue weighted by Crippen LogP contribution is 2.34. The van der Waals surface area contributed by atoms with E-state index in [0.29, 0.717) is 29.5 Å². The van der Waals surface area contributed by atoms with Gasteiger partial charge < -0.3 is 15.6 Å². The molecule has 0 fully saturated rings. The van der Waals surface area contributed by atoms with Crippen molar-refractivity contribution in [2.75, 3.05) is 5.73 Å². The van der Waals surface area contributed by atoms with Crippen LogP contribution < -0.4 is 10.5 Å². The second-order valence-corrected chi connectivity index (χ2v) is 9.00. The Hall–Kier alpha value is -3.96. The number of aliphatic imine (C=N–C) groups is 1. The monoisotopic (exact) mass is 602 g/mol. The third-order valence-electron chi connectivity index (χ3n) is 5.71. The van der Waals surface area contributed by atoms with Crippen molar-refractivity contribution in [1.29, 1.82) is 0 Å². The van der Waals surface area contributed by atoms with Gasteiger partial charge in [-0.3, -0.25) is 9.79 Å². The van der Waals surface area contributed by atoms with Gasteiger partial charge in [-0.25, -0.2) is 0 Å². The number of allylic oxidation sites excluding steroid dienone is 2. The number of aliphatic hydroxyl groups excluding tert-OH is 1. The van der Waals surface area contributed by atoms with Crippen LogP contribution in [0.25, 0.3) is 5.57 Å². The van der Waals surface area contributed by atoms with Crippen LogP contribution in [0.3, 0.4) is 0 Å². The molecule has 6 bridgehead atoms. The molecule has 0 aliphatic carbocycles. The number of carbonyl (C=O) groups is 1. The summed E-state index contributed by atoms with van der Waals surface area (Å²) in [6.07, 6.45) is 7.15. The Labute approximate surface area is 268 Å². The molecule has 242 valence electrons. The molecule has 0 spiro atoms.